The van der Waals surface area contributed by atoms with Gasteiger partial charge in [0.1, 0.15) is 11.8 Å². The monoisotopic (exact) mass is 289 g/mol. The summed E-state index contributed by atoms with van der Waals surface area (Å²) in [6, 6.07) is 6.58. The molecule has 2 N–H and O–H groups in total. The Hall–Kier alpha value is -2.30. The van der Waals surface area contributed by atoms with E-state index >= 15 is 0 Å². The topological polar surface area (TPSA) is 75.6 Å². The van der Waals surface area contributed by atoms with Crippen LogP contribution in [0.15, 0.2) is 30.3 Å². The number of amides is 1. The minimum absolute atomic E-state index is 0.0653. The fourth-order valence-electron chi connectivity index (χ4n) is 2.08. The molecule has 1 aliphatic carbocycles. The summed E-state index contributed by atoms with van der Waals surface area (Å²) in [6.45, 7) is 2.43. The maximum Gasteiger partial charge on any atom is 0.326 e. The van der Waals surface area contributed by atoms with Crippen molar-refractivity contribution in [1.82, 2.24) is 5.32 Å². The second-order valence-electron chi connectivity index (χ2n) is 4.97. The lowest BCUT2D eigenvalue weighted by Crippen LogP contribution is -2.41. The third kappa shape index (κ3) is 4.34. The summed E-state index contributed by atoms with van der Waals surface area (Å²) >= 11 is 0. The third-order valence-corrected chi connectivity index (χ3v) is 3.29. The van der Waals surface area contributed by atoms with Crippen LogP contribution >= 0.6 is 0 Å². The minimum atomic E-state index is -0.978. The van der Waals surface area contributed by atoms with E-state index in [0.717, 1.165) is 18.4 Å². The standard InChI is InChI=1S/C16H19NO4/c1-2-21-13-6-4-3-5-11(13)9-10-14(18)17-15(16(19)20)12-7-8-12/h3-6,9-10,12,15H,2,7-8H2,1H3,(H,17,18)(H,19,20). The van der Waals surface area contributed by atoms with Crippen LogP contribution in [0.3, 0.4) is 0 Å². The van der Waals surface area contributed by atoms with Crippen molar-refractivity contribution < 1.29 is 19.4 Å². The minimum Gasteiger partial charge on any atom is -0.493 e. The van der Waals surface area contributed by atoms with E-state index in [1.54, 1.807) is 6.08 Å². The van der Waals surface area contributed by atoms with Crippen LogP contribution in [0.2, 0.25) is 0 Å². The Labute approximate surface area is 123 Å². The van der Waals surface area contributed by atoms with Crippen LogP contribution < -0.4 is 10.1 Å². The predicted octanol–water partition coefficient (Wildman–Crippen LogP) is 2.08. The normalized spacial score (nSPS) is 15.7. The van der Waals surface area contributed by atoms with Gasteiger partial charge in [0.05, 0.1) is 6.61 Å². The van der Waals surface area contributed by atoms with Crippen molar-refractivity contribution >= 4 is 18.0 Å². The van der Waals surface area contributed by atoms with Crippen LogP contribution in [-0.4, -0.2) is 29.6 Å². The molecule has 1 amide bonds. The quantitative estimate of drug-likeness (QED) is 0.754. The summed E-state index contributed by atoms with van der Waals surface area (Å²) in [4.78, 5) is 22.9. The molecule has 2 rings (SSSR count). The molecule has 1 aromatic rings. The average molecular weight is 289 g/mol. The van der Waals surface area contributed by atoms with Gasteiger partial charge in [-0.2, -0.15) is 0 Å². The van der Waals surface area contributed by atoms with E-state index in [9.17, 15) is 9.59 Å². The first-order valence-corrected chi connectivity index (χ1v) is 7.05. The van der Waals surface area contributed by atoms with Gasteiger partial charge < -0.3 is 15.2 Å². The number of carbonyl (C=O) groups is 2. The molecule has 5 heteroatoms. The molecular formula is C16H19NO4. The predicted molar refractivity (Wildman–Crippen MR) is 78.9 cm³/mol. The Bertz CT molecular complexity index is 549. The fraction of sp³-hybridized carbons (Fsp3) is 0.375. The number of carboxylic acid groups (broad SMARTS) is 1. The average Bonchev–Trinajstić information content (AvgIpc) is 3.28. The first kappa shape index (κ1) is 15.1. The van der Waals surface area contributed by atoms with E-state index < -0.39 is 17.9 Å². The van der Waals surface area contributed by atoms with E-state index in [0.29, 0.717) is 12.4 Å². The molecule has 0 bridgehead atoms. The first-order valence-electron chi connectivity index (χ1n) is 7.05. The van der Waals surface area contributed by atoms with Gasteiger partial charge >= 0.3 is 5.97 Å². The van der Waals surface area contributed by atoms with Gasteiger partial charge in [-0.15, -0.1) is 0 Å². The molecule has 5 nitrogen and oxygen atoms in total. The second-order valence-corrected chi connectivity index (χ2v) is 4.97. The molecule has 0 heterocycles. The summed E-state index contributed by atoms with van der Waals surface area (Å²) in [5.41, 5.74) is 0.785. The van der Waals surface area contributed by atoms with Gasteiger partial charge in [-0.25, -0.2) is 4.79 Å². The van der Waals surface area contributed by atoms with Crippen LogP contribution in [0.1, 0.15) is 25.3 Å². The highest BCUT2D eigenvalue weighted by Gasteiger charge is 2.36. The van der Waals surface area contributed by atoms with Crippen molar-refractivity contribution in [2.24, 2.45) is 5.92 Å². The summed E-state index contributed by atoms with van der Waals surface area (Å²) in [5.74, 6) is -0.619. The largest absolute Gasteiger partial charge is 0.493 e. The Balaban J connectivity index is 2.00. The highest BCUT2D eigenvalue weighted by Crippen LogP contribution is 2.32. The van der Waals surface area contributed by atoms with Crippen molar-refractivity contribution in [3.05, 3.63) is 35.9 Å². The zero-order valence-corrected chi connectivity index (χ0v) is 11.9. The number of nitrogens with one attached hydrogen (secondary N) is 1. The van der Waals surface area contributed by atoms with Crippen LogP contribution in [-0.2, 0) is 9.59 Å². The van der Waals surface area contributed by atoms with Crippen molar-refractivity contribution in [3.63, 3.8) is 0 Å². The van der Waals surface area contributed by atoms with Gasteiger partial charge in [-0.3, -0.25) is 4.79 Å². The van der Waals surface area contributed by atoms with Gasteiger partial charge in [-0.05, 0) is 37.8 Å². The molecule has 1 atom stereocenters. The van der Waals surface area contributed by atoms with Gasteiger partial charge in [0.25, 0.3) is 0 Å². The van der Waals surface area contributed by atoms with Gasteiger partial charge in [-0.1, -0.05) is 18.2 Å². The summed E-state index contributed by atoms with van der Waals surface area (Å²) in [7, 11) is 0. The van der Waals surface area contributed by atoms with Gasteiger partial charge in [0.2, 0.25) is 5.91 Å². The number of ether oxygens (including phenoxy) is 1. The SMILES string of the molecule is CCOc1ccccc1C=CC(=O)NC(C(=O)O)C1CC1. The zero-order valence-electron chi connectivity index (χ0n) is 11.9. The molecule has 0 radical (unpaired) electrons. The lowest BCUT2D eigenvalue weighted by Gasteiger charge is -2.11. The van der Waals surface area contributed by atoms with Crippen molar-refractivity contribution in [2.75, 3.05) is 6.61 Å². The molecule has 112 valence electrons. The Kier molecular flexibility index (Phi) is 4.98. The Morgan fingerprint density at radius 1 is 1.43 bits per heavy atom. The molecule has 1 unspecified atom stereocenters. The molecule has 0 saturated heterocycles. The molecule has 21 heavy (non-hydrogen) atoms. The number of hydrogen-bond donors (Lipinski definition) is 2. The highest BCUT2D eigenvalue weighted by molar-refractivity contribution is 5.94. The first-order chi connectivity index (χ1) is 10.1. The third-order valence-electron chi connectivity index (χ3n) is 3.29. The zero-order chi connectivity index (χ0) is 15.2. The lowest BCUT2D eigenvalue weighted by atomic mass is 10.1. The fourth-order valence-corrected chi connectivity index (χ4v) is 2.08. The summed E-state index contributed by atoms with van der Waals surface area (Å²) in [5, 5.41) is 11.6. The molecule has 0 aliphatic heterocycles. The highest BCUT2D eigenvalue weighted by atomic mass is 16.5. The molecule has 0 aromatic heterocycles. The van der Waals surface area contributed by atoms with Crippen LogP contribution in [0.5, 0.6) is 5.75 Å². The van der Waals surface area contributed by atoms with Crippen molar-refractivity contribution in [2.45, 2.75) is 25.8 Å². The maximum absolute atomic E-state index is 11.8. The lowest BCUT2D eigenvalue weighted by molar-refractivity contribution is -0.141. The number of aliphatic carboxylic acids is 1. The number of carbonyl (C=O) groups excluding carboxylic acids is 1. The molecule has 1 fully saturated rings. The number of rotatable bonds is 7. The molecule has 0 spiro atoms. The van der Waals surface area contributed by atoms with Crippen LogP contribution in [0.4, 0.5) is 0 Å². The second kappa shape index (κ2) is 6.92. The van der Waals surface area contributed by atoms with Gasteiger partial charge in [0, 0.05) is 11.6 Å². The smallest absolute Gasteiger partial charge is 0.326 e. The van der Waals surface area contributed by atoms with E-state index in [1.165, 1.54) is 6.08 Å². The van der Waals surface area contributed by atoms with Crippen molar-refractivity contribution in [3.8, 4) is 5.75 Å². The van der Waals surface area contributed by atoms with E-state index in [4.69, 9.17) is 9.84 Å². The molecule has 1 aliphatic rings. The van der Waals surface area contributed by atoms with Crippen LogP contribution in [0, 0.1) is 5.92 Å². The number of hydrogen-bond acceptors (Lipinski definition) is 3. The van der Waals surface area contributed by atoms with Crippen molar-refractivity contribution in [1.29, 1.82) is 0 Å². The Morgan fingerprint density at radius 3 is 2.76 bits per heavy atom. The summed E-state index contributed by atoms with van der Waals surface area (Å²) < 4.78 is 5.46. The summed E-state index contributed by atoms with van der Waals surface area (Å²) in [6.07, 6.45) is 4.69. The van der Waals surface area contributed by atoms with E-state index in [-0.39, 0.29) is 5.92 Å². The maximum atomic E-state index is 11.8. The van der Waals surface area contributed by atoms with E-state index in [1.807, 2.05) is 31.2 Å². The molecule has 1 saturated carbocycles. The number of para-hydroxylation sites is 1. The van der Waals surface area contributed by atoms with Gasteiger partial charge in [0.15, 0.2) is 0 Å². The Morgan fingerprint density at radius 2 is 2.14 bits per heavy atom. The van der Waals surface area contributed by atoms with Crippen LogP contribution in [0.25, 0.3) is 6.08 Å². The molecular weight excluding hydrogens is 270 g/mol. The molecule has 1 aromatic carbocycles. The van der Waals surface area contributed by atoms with E-state index in [2.05, 4.69) is 5.32 Å². The number of benzene rings is 1. The number of carboxylic acids is 1.